The largest absolute Gasteiger partial charge is 0.478 e. The smallest absolute Gasteiger partial charge is 0.328 e. The molecule has 0 spiro atoms. The minimum Gasteiger partial charge on any atom is -0.478 e. The lowest BCUT2D eigenvalue weighted by Crippen LogP contribution is -2.13. The van der Waals surface area contributed by atoms with Gasteiger partial charge in [-0.2, -0.15) is 5.10 Å². The molecule has 6 heteroatoms. The molecule has 6 nitrogen and oxygen atoms in total. The van der Waals surface area contributed by atoms with E-state index in [9.17, 15) is 9.59 Å². The maximum Gasteiger partial charge on any atom is 0.328 e. The molecule has 2 rings (SSSR count). The van der Waals surface area contributed by atoms with Crippen LogP contribution in [0, 0.1) is 6.92 Å². The number of aliphatic carboxylic acids is 1. The van der Waals surface area contributed by atoms with Crippen molar-refractivity contribution >= 4 is 23.6 Å². The number of carboxylic acids is 1. The fraction of sp³-hybridized carbons (Fsp3) is 0.0714. The van der Waals surface area contributed by atoms with Crippen molar-refractivity contribution in [1.82, 2.24) is 10.2 Å². The van der Waals surface area contributed by atoms with Gasteiger partial charge >= 0.3 is 5.97 Å². The first-order valence-corrected chi connectivity index (χ1v) is 5.88. The second-order valence-corrected chi connectivity index (χ2v) is 4.19. The maximum atomic E-state index is 12.1. The van der Waals surface area contributed by atoms with Crippen molar-refractivity contribution < 1.29 is 14.7 Å². The van der Waals surface area contributed by atoms with Crippen molar-refractivity contribution in [2.75, 3.05) is 5.32 Å². The van der Waals surface area contributed by atoms with Gasteiger partial charge in [0, 0.05) is 17.8 Å². The van der Waals surface area contributed by atoms with Crippen molar-refractivity contribution in [3.63, 3.8) is 0 Å². The summed E-state index contributed by atoms with van der Waals surface area (Å²) in [7, 11) is 0. The van der Waals surface area contributed by atoms with Crippen LogP contribution < -0.4 is 5.32 Å². The fourth-order valence-corrected chi connectivity index (χ4v) is 1.67. The molecule has 0 aliphatic carbocycles. The number of hydrogen-bond acceptors (Lipinski definition) is 3. The Hall–Kier alpha value is -2.89. The number of nitrogens with zero attached hydrogens (tertiary/aromatic N) is 1. The molecule has 1 heterocycles. The molecule has 20 heavy (non-hydrogen) atoms. The van der Waals surface area contributed by atoms with Gasteiger partial charge in [0.25, 0.3) is 5.91 Å². The summed E-state index contributed by atoms with van der Waals surface area (Å²) in [6.07, 6.45) is 5.54. The SMILES string of the molecule is Cc1ccc(C=CC(=O)O)cc1C(=O)Nc1cn[nH]c1. The van der Waals surface area contributed by atoms with Crippen molar-refractivity contribution in [1.29, 1.82) is 0 Å². The summed E-state index contributed by atoms with van der Waals surface area (Å²) in [5.41, 5.74) is 2.51. The van der Waals surface area contributed by atoms with Gasteiger partial charge in [-0.3, -0.25) is 9.89 Å². The second-order valence-electron chi connectivity index (χ2n) is 4.19. The lowest BCUT2D eigenvalue weighted by Gasteiger charge is -2.07. The van der Waals surface area contributed by atoms with Crippen LogP contribution in [0.4, 0.5) is 5.69 Å². The fourth-order valence-electron chi connectivity index (χ4n) is 1.67. The van der Waals surface area contributed by atoms with Crippen molar-refractivity contribution in [2.24, 2.45) is 0 Å². The molecule has 0 atom stereocenters. The summed E-state index contributed by atoms with van der Waals surface area (Å²) in [5.74, 6) is -1.30. The number of H-pyrrole nitrogens is 1. The van der Waals surface area contributed by atoms with Gasteiger partial charge in [-0.05, 0) is 30.2 Å². The number of carbonyl (C=O) groups excluding carboxylic acids is 1. The van der Waals surface area contributed by atoms with E-state index < -0.39 is 5.97 Å². The Balaban J connectivity index is 2.24. The lowest BCUT2D eigenvalue weighted by atomic mass is 10.0. The van der Waals surface area contributed by atoms with Crippen molar-refractivity contribution in [3.05, 3.63) is 53.4 Å². The van der Waals surface area contributed by atoms with Gasteiger partial charge in [-0.25, -0.2) is 4.79 Å². The van der Waals surface area contributed by atoms with Crippen LogP contribution in [0.1, 0.15) is 21.5 Å². The summed E-state index contributed by atoms with van der Waals surface area (Å²) in [6, 6.07) is 5.17. The van der Waals surface area contributed by atoms with Crippen LogP contribution in [0.5, 0.6) is 0 Å². The Kier molecular flexibility index (Phi) is 3.95. The molecule has 1 amide bonds. The molecule has 0 fully saturated rings. The van der Waals surface area contributed by atoms with E-state index in [2.05, 4.69) is 15.5 Å². The van der Waals surface area contributed by atoms with Gasteiger partial charge in [-0.15, -0.1) is 0 Å². The highest BCUT2D eigenvalue weighted by molar-refractivity contribution is 6.05. The van der Waals surface area contributed by atoms with Crippen LogP contribution in [0.3, 0.4) is 0 Å². The lowest BCUT2D eigenvalue weighted by molar-refractivity contribution is -0.131. The minimum absolute atomic E-state index is 0.269. The Labute approximate surface area is 115 Å². The second kappa shape index (κ2) is 5.83. The van der Waals surface area contributed by atoms with Crippen molar-refractivity contribution in [3.8, 4) is 0 Å². The van der Waals surface area contributed by atoms with E-state index in [0.29, 0.717) is 16.8 Å². The zero-order chi connectivity index (χ0) is 14.5. The topological polar surface area (TPSA) is 95.1 Å². The molecular weight excluding hydrogens is 258 g/mol. The standard InChI is InChI=1S/C14H13N3O3/c1-9-2-3-10(4-5-13(18)19)6-12(9)14(20)17-11-7-15-16-8-11/h2-8H,1H3,(H,15,16)(H,17,20)(H,18,19). The number of rotatable bonds is 4. The van der Waals surface area contributed by atoms with Crippen LogP contribution in [-0.4, -0.2) is 27.2 Å². The highest BCUT2D eigenvalue weighted by atomic mass is 16.4. The van der Waals surface area contributed by atoms with E-state index >= 15 is 0 Å². The zero-order valence-electron chi connectivity index (χ0n) is 10.8. The Morgan fingerprint density at radius 3 is 2.85 bits per heavy atom. The molecule has 3 N–H and O–H groups in total. The molecule has 0 aliphatic heterocycles. The van der Waals surface area contributed by atoms with Crippen LogP contribution in [0.25, 0.3) is 6.08 Å². The number of aromatic amines is 1. The summed E-state index contributed by atoms with van der Waals surface area (Å²) in [5, 5.41) is 17.6. The summed E-state index contributed by atoms with van der Waals surface area (Å²) < 4.78 is 0. The van der Waals surface area contributed by atoms with E-state index in [1.807, 2.05) is 6.92 Å². The molecule has 102 valence electrons. The molecule has 0 aliphatic rings. The van der Waals surface area contributed by atoms with Crippen LogP contribution in [-0.2, 0) is 4.79 Å². The molecule has 0 radical (unpaired) electrons. The number of carboxylic acid groups (broad SMARTS) is 1. The normalized spacial score (nSPS) is 10.7. The minimum atomic E-state index is -1.03. The van der Waals surface area contributed by atoms with Gasteiger partial charge in [0.15, 0.2) is 0 Å². The summed E-state index contributed by atoms with van der Waals surface area (Å²) in [4.78, 5) is 22.6. The molecule has 0 saturated heterocycles. The van der Waals surface area contributed by atoms with Crippen molar-refractivity contribution in [2.45, 2.75) is 6.92 Å². The Morgan fingerprint density at radius 2 is 2.20 bits per heavy atom. The average molecular weight is 271 g/mol. The molecule has 1 aromatic carbocycles. The van der Waals surface area contributed by atoms with Crippen LogP contribution >= 0.6 is 0 Å². The number of anilines is 1. The Bertz CT molecular complexity index is 660. The first kappa shape index (κ1) is 13.5. The zero-order valence-corrected chi connectivity index (χ0v) is 10.8. The predicted octanol–water partition coefficient (Wildman–Crippen LogP) is 2.07. The number of hydrogen-bond donors (Lipinski definition) is 3. The van der Waals surface area contributed by atoms with E-state index in [4.69, 9.17) is 5.11 Å². The average Bonchev–Trinajstić information content (AvgIpc) is 2.90. The first-order chi connectivity index (χ1) is 9.56. The monoisotopic (exact) mass is 271 g/mol. The van der Waals surface area contributed by atoms with Gasteiger partial charge in [0.05, 0.1) is 11.9 Å². The third kappa shape index (κ3) is 3.32. The van der Waals surface area contributed by atoms with E-state index in [1.54, 1.807) is 24.4 Å². The van der Waals surface area contributed by atoms with E-state index in [0.717, 1.165) is 11.6 Å². The number of benzene rings is 1. The number of carbonyl (C=O) groups is 2. The number of amides is 1. The highest BCUT2D eigenvalue weighted by Gasteiger charge is 2.10. The third-order valence-electron chi connectivity index (χ3n) is 2.68. The third-order valence-corrected chi connectivity index (χ3v) is 2.68. The quantitative estimate of drug-likeness (QED) is 0.742. The molecule has 2 aromatic rings. The first-order valence-electron chi connectivity index (χ1n) is 5.88. The number of nitrogens with one attached hydrogen (secondary N) is 2. The Morgan fingerprint density at radius 1 is 1.40 bits per heavy atom. The highest BCUT2D eigenvalue weighted by Crippen LogP contribution is 2.15. The van der Waals surface area contributed by atoms with Crippen LogP contribution in [0.15, 0.2) is 36.7 Å². The van der Waals surface area contributed by atoms with Gasteiger partial charge in [0.1, 0.15) is 0 Å². The van der Waals surface area contributed by atoms with Gasteiger partial charge in [-0.1, -0.05) is 12.1 Å². The maximum absolute atomic E-state index is 12.1. The molecule has 0 bridgehead atoms. The van der Waals surface area contributed by atoms with E-state index in [1.165, 1.54) is 12.3 Å². The van der Waals surface area contributed by atoms with Crippen LogP contribution in [0.2, 0.25) is 0 Å². The van der Waals surface area contributed by atoms with Gasteiger partial charge < -0.3 is 10.4 Å². The molecule has 0 unspecified atom stereocenters. The number of aryl methyl sites for hydroxylation is 1. The predicted molar refractivity (Wildman–Crippen MR) is 74.4 cm³/mol. The van der Waals surface area contributed by atoms with E-state index in [-0.39, 0.29) is 5.91 Å². The molecular formula is C14H13N3O3. The molecule has 0 saturated carbocycles. The molecule has 1 aromatic heterocycles. The van der Waals surface area contributed by atoms with Gasteiger partial charge in [0.2, 0.25) is 0 Å². The summed E-state index contributed by atoms with van der Waals surface area (Å²) in [6.45, 7) is 1.81. The summed E-state index contributed by atoms with van der Waals surface area (Å²) >= 11 is 0. The number of aromatic nitrogens is 2.